The van der Waals surface area contributed by atoms with Crippen LogP contribution in [0.5, 0.6) is 0 Å². The van der Waals surface area contributed by atoms with Crippen LogP contribution >= 0.6 is 0 Å². The average Bonchev–Trinajstić information content (AvgIpc) is 3.20. The fourth-order valence-corrected chi connectivity index (χ4v) is 4.28. The van der Waals surface area contributed by atoms with Crippen molar-refractivity contribution in [1.82, 2.24) is 24.5 Å². The topological polar surface area (TPSA) is 91.7 Å². The number of anilines is 1. The zero-order valence-corrected chi connectivity index (χ0v) is 16.7. The van der Waals surface area contributed by atoms with E-state index in [1.165, 1.54) is 0 Å². The van der Waals surface area contributed by atoms with Crippen molar-refractivity contribution in [3.63, 3.8) is 0 Å². The van der Waals surface area contributed by atoms with E-state index in [0.29, 0.717) is 41.3 Å². The van der Waals surface area contributed by atoms with Gasteiger partial charge in [0.1, 0.15) is 11.5 Å². The van der Waals surface area contributed by atoms with Crippen molar-refractivity contribution in [2.75, 3.05) is 5.32 Å². The molecule has 0 spiro atoms. The van der Waals surface area contributed by atoms with Gasteiger partial charge in [0.2, 0.25) is 5.95 Å². The van der Waals surface area contributed by atoms with Crippen LogP contribution in [-0.4, -0.2) is 47.7 Å². The summed E-state index contributed by atoms with van der Waals surface area (Å²) in [7, 11) is 0. The van der Waals surface area contributed by atoms with Gasteiger partial charge in [0.15, 0.2) is 0 Å². The summed E-state index contributed by atoms with van der Waals surface area (Å²) in [5.41, 5.74) is 3.21. The molecule has 30 heavy (non-hydrogen) atoms. The number of imidazole rings is 1. The fourth-order valence-electron chi connectivity index (χ4n) is 4.28. The summed E-state index contributed by atoms with van der Waals surface area (Å²) in [4.78, 5) is 16.5. The zero-order chi connectivity index (χ0) is 21.0. The molecule has 0 radical (unpaired) electrons. The van der Waals surface area contributed by atoms with E-state index in [9.17, 15) is 13.9 Å². The molecule has 7 nitrogen and oxygen atoms in total. The Balaban J connectivity index is 1.48. The molecule has 3 aromatic heterocycles. The van der Waals surface area contributed by atoms with Crippen LogP contribution in [0.15, 0.2) is 30.6 Å². The van der Waals surface area contributed by atoms with Crippen LogP contribution in [-0.2, 0) is 6.54 Å². The zero-order valence-electron chi connectivity index (χ0n) is 16.7. The quantitative estimate of drug-likeness (QED) is 0.463. The van der Waals surface area contributed by atoms with Crippen LogP contribution in [0, 0.1) is 6.92 Å². The molecular weight excluding hydrogens is 390 g/mol. The second-order valence-electron chi connectivity index (χ2n) is 8.27. The minimum absolute atomic E-state index is 0.160. The lowest BCUT2D eigenvalue weighted by Gasteiger charge is -2.41. The molecule has 4 aromatic rings. The van der Waals surface area contributed by atoms with Crippen molar-refractivity contribution in [3.05, 3.63) is 36.4 Å². The van der Waals surface area contributed by atoms with Gasteiger partial charge in [0, 0.05) is 29.4 Å². The predicted molar refractivity (Wildman–Crippen MR) is 111 cm³/mol. The number of alkyl halides is 2. The lowest BCUT2D eigenvalue weighted by molar-refractivity contribution is -0.0235. The van der Waals surface area contributed by atoms with Gasteiger partial charge in [-0.2, -0.15) is 4.98 Å². The van der Waals surface area contributed by atoms with E-state index in [1.807, 2.05) is 31.3 Å². The molecule has 1 fully saturated rings. The molecule has 9 heteroatoms. The number of H-pyrrole nitrogens is 1. The number of aromatic nitrogens is 5. The Morgan fingerprint density at radius 2 is 2.13 bits per heavy atom. The molecule has 0 atom stereocenters. The molecule has 0 aliphatic heterocycles. The summed E-state index contributed by atoms with van der Waals surface area (Å²) in [6.45, 7) is 3.17. The van der Waals surface area contributed by atoms with Gasteiger partial charge < -0.3 is 20.0 Å². The smallest absolute Gasteiger partial charge is 0.256 e. The van der Waals surface area contributed by atoms with Gasteiger partial charge in [-0.3, -0.25) is 0 Å². The first-order valence-corrected chi connectivity index (χ1v) is 9.87. The maximum atomic E-state index is 13.0. The van der Waals surface area contributed by atoms with Crippen molar-refractivity contribution >= 4 is 28.0 Å². The molecule has 1 saturated carbocycles. The number of aliphatic hydroxyl groups is 1. The molecule has 1 aliphatic carbocycles. The third kappa shape index (κ3) is 3.28. The SMILES string of the molecule is Cc1nc2ccc(-c3c[nH]c4nc(NC5CC(C)(O)C5)ncc34)cc2n1CC(F)F. The first kappa shape index (κ1) is 18.9. The summed E-state index contributed by atoms with van der Waals surface area (Å²) >= 11 is 0. The Hall–Kier alpha value is -3.07. The molecule has 0 bridgehead atoms. The van der Waals surface area contributed by atoms with Crippen molar-refractivity contribution in [3.8, 4) is 11.1 Å². The highest BCUT2D eigenvalue weighted by Crippen LogP contribution is 2.34. The summed E-state index contributed by atoms with van der Waals surface area (Å²) in [5, 5.41) is 14.0. The largest absolute Gasteiger partial charge is 0.390 e. The minimum Gasteiger partial charge on any atom is -0.390 e. The Bertz CT molecular complexity index is 1240. The van der Waals surface area contributed by atoms with Gasteiger partial charge in [0.05, 0.1) is 23.2 Å². The molecule has 0 saturated heterocycles. The van der Waals surface area contributed by atoms with E-state index in [1.54, 1.807) is 17.7 Å². The first-order chi connectivity index (χ1) is 14.3. The molecule has 3 heterocycles. The fraction of sp³-hybridized carbons (Fsp3) is 0.381. The average molecular weight is 412 g/mol. The highest BCUT2D eigenvalue weighted by atomic mass is 19.3. The number of hydrogen-bond acceptors (Lipinski definition) is 5. The molecule has 1 aromatic carbocycles. The summed E-state index contributed by atoms with van der Waals surface area (Å²) in [5.74, 6) is 1.08. The number of halogens is 2. The van der Waals surface area contributed by atoms with Crippen molar-refractivity contribution < 1.29 is 13.9 Å². The summed E-state index contributed by atoms with van der Waals surface area (Å²) in [6.07, 6.45) is 2.47. The van der Waals surface area contributed by atoms with Gasteiger partial charge in [-0.15, -0.1) is 0 Å². The van der Waals surface area contributed by atoms with E-state index < -0.39 is 12.0 Å². The van der Waals surface area contributed by atoms with E-state index >= 15 is 0 Å². The van der Waals surface area contributed by atoms with E-state index in [-0.39, 0.29) is 12.6 Å². The number of benzene rings is 1. The Morgan fingerprint density at radius 1 is 1.33 bits per heavy atom. The second kappa shape index (κ2) is 6.73. The summed E-state index contributed by atoms with van der Waals surface area (Å²) < 4.78 is 27.5. The molecular formula is C21H22F2N6O. The van der Waals surface area contributed by atoms with Gasteiger partial charge in [-0.25, -0.2) is 18.7 Å². The van der Waals surface area contributed by atoms with Crippen LogP contribution in [0.3, 0.4) is 0 Å². The number of nitrogens with zero attached hydrogens (tertiary/aromatic N) is 4. The van der Waals surface area contributed by atoms with Crippen molar-refractivity contribution in [2.45, 2.75) is 51.3 Å². The molecule has 1 aliphatic rings. The van der Waals surface area contributed by atoms with Crippen LogP contribution in [0.4, 0.5) is 14.7 Å². The van der Waals surface area contributed by atoms with Crippen LogP contribution < -0.4 is 5.32 Å². The third-order valence-electron chi connectivity index (χ3n) is 5.71. The monoisotopic (exact) mass is 412 g/mol. The normalized spacial score (nSPS) is 21.5. The maximum absolute atomic E-state index is 13.0. The standard InChI is InChI=1S/C21H22F2N6O/c1-11-26-16-4-3-12(5-17(16)29(11)10-18(22)23)14-8-24-19-15(14)9-25-20(28-19)27-13-6-21(2,30)7-13/h3-5,8-9,13,18,30H,6-7,10H2,1-2H3,(H2,24,25,27,28). The van der Waals surface area contributed by atoms with Gasteiger partial charge in [0.25, 0.3) is 6.43 Å². The lowest BCUT2D eigenvalue weighted by Crippen LogP contribution is -2.48. The van der Waals surface area contributed by atoms with Crippen molar-refractivity contribution in [1.29, 1.82) is 0 Å². The van der Waals surface area contributed by atoms with Gasteiger partial charge >= 0.3 is 0 Å². The van der Waals surface area contributed by atoms with Crippen LogP contribution in [0.25, 0.3) is 33.2 Å². The van der Waals surface area contributed by atoms with E-state index in [2.05, 4.69) is 25.3 Å². The lowest BCUT2D eigenvalue weighted by atomic mass is 9.77. The molecule has 156 valence electrons. The predicted octanol–water partition coefficient (Wildman–Crippen LogP) is 3.87. The highest BCUT2D eigenvalue weighted by Gasteiger charge is 2.38. The highest BCUT2D eigenvalue weighted by molar-refractivity contribution is 5.95. The Morgan fingerprint density at radius 3 is 2.87 bits per heavy atom. The van der Waals surface area contributed by atoms with Gasteiger partial charge in [-0.1, -0.05) is 6.07 Å². The molecule has 0 unspecified atom stereocenters. The third-order valence-corrected chi connectivity index (χ3v) is 5.71. The van der Waals surface area contributed by atoms with Crippen LogP contribution in [0.1, 0.15) is 25.6 Å². The number of fused-ring (bicyclic) bond motifs is 2. The van der Waals surface area contributed by atoms with Crippen LogP contribution in [0.2, 0.25) is 0 Å². The Kier molecular flexibility index (Phi) is 4.25. The second-order valence-corrected chi connectivity index (χ2v) is 8.27. The maximum Gasteiger partial charge on any atom is 0.256 e. The number of aryl methyl sites for hydroxylation is 1. The summed E-state index contributed by atoms with van der Waals surface area (Å²) in [6, 6.07) is 5.81. The molecule has 3 N–H and O–H groups in total. The number of hydrogen-bond donors (Lipinski definition) is 3. The Labute approximate surface area is 171 Å². The van der Waals surface area contributed by atoms with Crippen molar-refractivity contribution in [2.24, 2.45) is 0 Å². The number of rotatable bonds is 5. The molecule has 5 rings (SSSR count). The van der Waals surface area contributed by atoms with E-state index in [0.717, 1.165) is 16.5 Å². The number of aromatic amines is 1. The molecule has 0 amide bonds. The van der Waals surface area contributed by atoms with Gasteiger partial charge in [-0.05, 0) is 44.4 Å². The van der Waals surface area contributed by atoms with E-state index in [4.69, 9.17) is 0 Å². The first-order valence-electron chi connectivity index (χ1n) is 9.87. The number of nitrogens with one attached hydrogen (secondary N) is 2. The minimum atomic E-state index is -2.45.